The van der Waals surface area contributed by atoms with Gasteiger partial charge >= 0.3 is 0 Å². The van der Waals surface area contributed by atoms with Crippen LogP contribution in [0.15, 0.2) is 23.1 Å². The molecule has 0 saturated carbocycles. The Morgan fingerprint density at radius 3 is 2.71 bits per heavy atom. The third-order valence-corrected chi connectivity index (χ3v) is 2.78. The summed E-state index contributed by atoms with van der Waals surface area (Å²) in [5, 5.41) is 9.36. The minimum absolute atomic E-state index is 0.167. The van der Waals surface area contributed by atoms with Crippen molar-refractivity contribution in [2.75, 3.05) is 32.1 Å². The molecule has 0 amide bonds. The first-order valence-corrected chi connectivity index (χ1v) is 5.44. The maximum absolute atomic E-state index is 9.36. The number of anilines is 1. The Morgan fingerprint density at radius 2 is 2.14 bits per heavy atom. The van der Waals surface area contributed by atoms with Crippen molar-refractivity contribution in [2.45, 2.75) is 4.90 Å². The normalized spacial score (nSPS) is 10.8. The van der Waals surface area contributed by atoms with Crippen LogP contribution in [0, 0.1) is 0 Å². The van der Waals surface area contributed by atoms with E-state index in [9.17, 15) is 5.11 Å². The van der Waals surface area contributed by atoms with E-state index in [0.29, 0.717) is 5.69 Å². The van der Waals surface area contributed by atoms with E-state index < -0.39 is 0 Å². The Kier molecular flexibility index (Phi) is 4.10. The molecule has 1 rings (SSSR count). The molecule has 0 aromatic heterocycles. The van der Waals surface area contributed by atoms with Gasteiger partial charge in [-0.25, -0.2) is 0 Å². The van der Waals surface area contributed by atoms with Gasteiger partial charge in [0.25, 0.3) is 0 Å². The second kappa shape index (κ2) is 5.12. The van der Waals surface area contributed by atoms with Crippen LogP contribution in [0.5, 0.6) is 5.75 Å². The maximum atomic E-state index is 9.36. The fourth-order valence-corrected chi connectivity index (χ4v) is 2.01. The minimum atomic E-state index is 0.167. The van der Waals surface area contributed by atoms with Crippen LogP contribution in [-0.4, -0.2) is 36.4 Å². The van der Waals surface area contributed by atoms with Gasteiger partial charge in [0, 0.05) is 17.2 Å². The summed E-state index contributed by atoms with van der Waals surface area (Å²) < 4.78 is 0. The molecule has 0 aliphatic carbocycles. The topological polar surface area (TPSA) is 49.5 Å². The van der Waals surface area contributed by atoms with Crippen LogP contribution >= 0.6 is 11.8 Å². The number of nitrogens with two attached hydrogens (primary N) is 1. The lowest BCUT2D eigenvalue weighted by Gasteiger charge is -2.09. The first kappa shape index (κ1) is 11.2. The largest absolute Gasteiger partial charge is 0.506 e. The first-order valence-electron chi connectivity index (χ1n) is 4.45. The molecule has 0 unspecified atom stereocenters. The summed E-state index contributed by atoms with van der Waals surface area (Å²) in [4.78, 5) is 3.18. The number of nitrogen functional groups attached to an aromatic ring is 1. The van der Waals surface area contributed by atoms with Crippen LogP contribution in [0.1, 0.15) is 0 Å². The standard InChI is InChI=1S/C10H16N2OS/c1-12(2)5-6-14-8-3-4-9(11)10(13)7-8/h3-4,7,13H,5-6,11H2,1-2H3. The lowest BCUT2D eigenvalue weighted by molar-refractivity contribution is 0.437. The number of benzene rings is 1. The minimum Gasteiger partial charge on any atom is -0.506 e. The van der Waals surface area contributed by atoms with E-state index in [1.165, 1.54) is 0 Å². The molecule has 1 aromatic carbocycles. The third kappa shape index (κ3) is 3.47. The summed E-state index contributed by atoms with van der Waals surface area (Å²) in [6.07, 6.45) is 0. The number of phenols is 1. The Balaban J connectivity index is 2.47. The molecule has 14 heavy (non-hydrogen) atoms. The molecule has 0 saturated heterocycles. The van der Waals surface area contributed by atoms with Gasteiger partial charge in [-0.3, -0.25) is 0 Å². The van der Waals surface area contributed by atoms with E-state index >= 15 is 0 Å². The van der Waals surface area contributed by atoms with Crippen LogP contribution in [0.2, 0.25) is 0 Å². The van der Waals surface area contributed by atoms with Gasteiger partial charge in [0.2, 0.25) is 0 Å². The summed E-state index contributed by atoms with van der Waals surface area (Å²) in [5.74, 6) is 1.18. The maximum Gasteiger partial charge on any atom is 0.139 e. The summed E-state index contributed by atoms with van der Waals surface area (Å²) in [5.41, 5.74) is 5.93. The van der Waals surface area contributed by atoms with E-state index in [4.69, 9.17) is 5.73 Å². The summed E-state index contributed by atoms with van der Waals surface area (Å²) >= 11 is 1.71. The van der Waals surface area contributed by atoms with Gasteiger partial charge in [0.1, 0.15) is 5.75 Å². The highest BCUT2D eigenvalue weighted by Crippen LogP contribution is 2.26. The molecule has 0 radical (unpaired) electrons. The van der Waals surface area contributed by atoms with Crippen molar-refractivity contribution in [2.24, 2.45) is 0 Å². The van der Waals surface area contributed by atoms with Gasteiger partial charge < -0.3 is 15.7 Å². The van der Waals surface area contributed by atoms with E-state index in [1.54, 1.807) is 23.9 Å². The Morgan fingerprint density at radius 1 is 1.43 bits per heavy atom. The summed E-state index contributed by atoms with van der Waals surface area (Å²) in [6, 6.07) is 5.36. The first-order chi connectivity index (χ1) is 6.59. The fourth-order valence-electron chi connectivity index (χ4n) is 0.959. The van der Waals surface area contributed by atoms with Crippen LogP contribution in [0.25, 0.3) is 0 Å². The number of hydrogen-bond acceptors (Lipinski definition) is 4. The Bertz CT molecular complexity index is 302. The van der Waals surface area contributed by atoms with E-state index in [-0.39, 0.29) is 5.75 Å². The molecule has 1 aromatic rings. The Labute approximate surface area is 88.9 Å². The van der Waals surface area contributed by atoms with Gasteiger partial charge in [-0.1, -0.05) is 0 Å². The van der Waals surface area contributed by atoms with Crippen LogP contribution in [-0.2, 0) is 0 Å². The second-order valence-corrected chi connectivity index (χ2v) is 4.54. The van der Waals surface area contributed by atoms with Crippen LogP contribution < -0.4 is 5.73 Å². The number of thioether (sulfide) groups is 1. The highest BCUT2D eigenvalue weighted by Gasteiger charge is 1.99. The predicted octanol–water partition coefficient (Wildman–Crippen LogP) is 1.63. The second-order valence-electron chi connectivity index (χ2n) is 3.37. The molecule has 0 aliphatic rings. The Hall–Kier alpha value is -0.870. The number of aromatic hydroxyl groups is 1. The lowest BCUT2D eigenvalue weighted by Crippen LogP contribution is -2.14. The quantitative estimate of drug-likeness (QED) is 0.452. The summed E-state index contributed by atoms with van der Waals surface area (Å²) in [6.45, 7) is 1.02. The molecular formula is C10H16N2OS. The molecule has 4 heteroatoms. The van der Waals surface area contributed by atoms with Crippen molar-refractivity contribution < 1.29 is 5.11 Å². The van der Waals surface area contributed by atoms with Crippen molar-refractivity contribution in [3.63, 3.8) is 0 Å². The predicted molar refractivity (Wildman–Crippen MR) is 61.8 cm³/mol. The zero-order valence-corrected chi connectivity index (χ0v) is 9.34. The van der Waals surface area contributed by atoms with Crippen molar-refractivity contribution in [1.29, 1.82) is 0 Å². The zero-order chi connectivity index (χ0) is 10.6. The van der Waals surface area contributed by atoms with Gasteiger partial charge in [-0.15, -0.1) is 11.8 Å². The number of phenolic OH excluding ortho intramolecular Hbond substituents is 1. The van der Waals surface area contributed by atoms with Crippen molar-refractivity contribution in [3.05, 3.63) is 18.2 Å². The van der Waals surface area contributed by atoms with Crippen LogP contribution in [0.4, 0.5) is 5.69 Å². The number of rotatable bonds is 4. The number of nitrogens with zero attached hydrogens (tertiary/aromatic N) is 1. The van der Waals surface area contributed by atoms with E-state index in [1.807, 2.05) is 20.2 Å². The van der Waals surface area contributed by atoms with E-state index in [0.717, 1.165) is 17.2 Å². The van der Waals surface area contributed by atoms with Gasteiger partial charge in [-0.2, -0.15) is 0 Å². The summed E-state index contributed by atoms with van der Waals surface area (Å²) in [7, 11) is 4.09. The number of hydrogen-bond donors (Lipinski definition) is 2. The van der Waals surface area contributed by atoms with Gasteiger partial charge in [0.15, 0.2) is 0 Å². The lowest BCUT2D eigenvalue weighted by atomic mass is 10.3. The molecule has 0 bridgehead atoms. The van der Waals surface area contributed by atoms with Gasteiger partial charge in [-0.05, 0) is 32.3 Å². The molecule has 0 spiro atoms. The molecule has 78 valence electrons. The average molecular weight is 212 g/mol. The molecule has 0 heterocycles. The zero-order valence-electron chi connectivity index (χ0n) is 8.53. The fraction of sp³-hybridized carbons (Fsp3) is 0.400. The van der Waals surface area contributed by atoms with Crippen LogP contribution in [0.3, 0.4) is 0 Å². The molecule has 3 nitrogen and oxygen atoms in total. The monoisotopic (exact) mass is 212 g/mol. The molecular weight excluding hydrogens is 196 g/mol. The smallest absolute Gasteiger partial charge is 0.139 e. The van der Waals surface area contributed by atoms with Gasteiger partial charge in [0.05, 0.1) is 5.69 Å². The highest BCUT2D eigenvalue weighted by atomic mass is 32.2. The highest BCUT2D eigenvalue weighted by molar-refractivity contribution is 7.99. The van der Waals surface area contributed by atoms with E-state index in [2.05, 4.69) is 4.90 Å². The molecule has 0 aliphatic heterocycles. The van der Waals surface area contributed by atoms with Crippen molar-refractivity contribution >= 4 is 17.4 Å². The third-order valence-electron chi connectivity index (χ3n) is 1.81. The SMILES string of the molecule is CN(C)CCSc1ccc(N)c(O)c1. The average Bonchev–Trinajstić information content (AvgIpc) is 2.10. The molecule has 0 fully saturated rings. The van der Waals surface area contributed by atoms with Crippen molar-refractivity contribution in [1.82, 2.24) is 4.90 Å². The molecule has 0 atom stereocenters. The van der Waals surface area contributed by atoms with Crippen molar-refractivity contribution in [3.8, 4) is 5.75 Å². The molecule has 3 N–H and O–H groups in total.